The molecular formula is C22H20ClNO4S. The summed E-state index contributed by atoms with van der Waals surface area (Å²) in [5.74, 6) is -1.73. The van der Waals surface area contributed by atoms with E-state index in [-0.39, 0.29) is 0 Å². The van der Waals surface area contributed by atoms with Gasteiger partial charge in [-0.05, 0) is 47.2 Å². The highest BCUT2D eigenvalue weighted by atomic mass is 35.5. The molecule has 150 valence electrons. The number of carboxylic acids is 2. The number of carboxylic acid groups (broad SMARTS) is 2. The fourth-order valence-corrected chi connectivity index (χ4v) is 4.38. The first-order valence-corrected chi connectivity index (χ1v) is 10.3. The van der Waals surface area contributed by atoms with Gasteiger partial charge in [0.2, 0.25) is 0 Å². The molecule has 0 amide bonds. The Balaban J connectivity index is 0.000000224. The van der Waals surface area contributed by atoms with Crippen LogP contribution in [0.1, 0.15) is 32.4 Å². The summed E-state index contributed by atoms with van der Waals surface area (Å²) in [6.45, 7) is 1.41. The topological polar surface area (TPSA) is 77.8 Å². The molecule has 0 saturated carbocycles. The van der Waals surface area contributed by atoms with Crippen LogP contribution in [-0.4, -0.2) is 33.6 Å². The summed E-state index contributed by atoms with van der Waals surface area (Å²) in [4.78, 5) is 25.3. The Morgan fingerprint density at radius 2 is 1.69 bits per heavy atom. The third kappa shape index (κ3) is 5.23. The smallest absolute Gasteiger partial charge is 0.335 e. The highest BCUT2D eigenvalue weighted by molar-refractivity contribution is 7.10. The van der Waals surface area contributed by atoms with Crippen molar-refractivity contribution in [2.45, 2.75) is 19.0 Å². The second kappa shape index (κ2) is 9.69. The third-order valence-electron chi connectivity index (χ3n) is 4.66. The summed E-state index contributed by atoms with van der Waals surface area (Å²) in [6.07, 6.45) is 0.904. The molecule has 0 saturated heterocycles. The molecule has 7 heteroatoms. The Bertz CT molecular complexity index is 989. The molecular weight excluding hydrogens is 410 g/mol. The van der Waals surface area contributed by atoms with Gasteiger partial charge in [0, 0.05) is 23.0 Å². The number of aromatic carboxylic acids is 1. The van der Waals surface area contributed by atoms with Gasteiger partial charge in [0.15, 0.2) is 0 Å². The van der Waals surface area contributed by atoms with Crippen molar-refractivity contribution < 1.29 is 19.8 Å². The molecule has 4 rings (SSSR count). The average Bonchev–Trinajstić information content (AvgIpc) is 3.18. The Kier molecular flexibility index (Phi) is 7.04. The number of halogens is 1. The number of hydrogen-bond acceptors (Lipinski definition) is 4. The van der Waals surface area contributed by atoms with Crippen molar-refractivity contribution >= 4 is 34.9 Å². The molecule has 1 atom stereocenters. The van der Waals surface area contributed by atoms with Gasteiger partial charge in [-0.15, -0.1) is 11.3 Å². The monoisotopic (exact) mass is 429 g/mol. The largest absolute Gasteiger partial charge is 0.480 e. The zero-order chi connectivity index (χ0) is 20.8. The molecule has 29 heavy (non-hydrogen) atoms. The normalized spacial score (nSPS) is 14.2. The second-order valence-electron chi connectivity index (χ2n) is 6.52. The molecule has 2 heterocycles. The van der Waals surface area contributed by atoms with E-state index in [1.165, 1.54) is 10.4 Å². The van der Waals surface area contributed by atoms with Crippen molar-refractivity contribution in [3.05, 3.63) is 92.6 Å². The van der Waals surface area contributed by atoms with E-state index in [4.69, 9.17) is 16.7 Å². The van der Waals surface area contributed by atoms with Gasteiger partial charge < -0.3 is 10.2 Å². The number of hydrogen-bond donors (Lipinski definition) is 2. The number of carbonyl (C=O) groups is 2. The van der Waals surface area contributed by atoms with E-state index in [9.17, 15) is 14.7 Å². The maximum Gasteiger partial charge on any atom is 0.335 e. The Morgan fingerprint density at radius 1 is 1.00 bits per heavy atom. The molecule has 2 N–H and O–H groups in total. The lowest BCUT2D eigenvalue weighted by atomic mass is 10.0. The first kappa shape index (κ1) is 21.0. The minimum absolute atomic E-state index is 0.331. The minimum atomic E-state index is -0.879. The number of thiophene rings is 1. The fraction of sp³-hybridized carbons (Fsp3) is 0.182. The van der Waals surface area contributed by atoms with Crippen molar-refractivity contribution in [3.8, 4) is 0 Å². The van der Waals surface area contributed by atoms with E-state index < -0.39 is 18.0 Å². The molecule has 1 aromatic heterocycles. The van der Waals surface area contributed by atoms with E-state index in [1.807, 2.05) is 17.0 Å². The highest BCUT2D eigenvalue weighted by Crippen LogP contribution is 2.33. The van der Waals surface area contributed by atoms with Gasteiger partial charge >= 0.3 is 11.9 Å². The molecule has 0 aliphatic carbocycles. The highest BCUT2D eigenvalue weighted by Gasteiger charge is 2.31. The SMILES string of the molecule is O=C(O)[C@H](c1ccccc1Cl)N1CCc2sccc2C1.O=C(O)c1ccccc1. The van der Waals surface area contributed by atoms with Gasteiger partial charge in [-0.25, -0.2) is 4.79 Å². The van der Waals surface area contributed by atoms with Gasteiger partial charge in [-0.1, -0.05) is 48.0 Å². The summed E-state index contributed by atoms with van der Waals surface area (Å²) < 4.78 is 0. The van der Waals surface area contributed by atoms with Gasteiger partial charge in [0.1, 0.15) is 6.04 Å². The van der Waals surface area contributed by atoms with E-state index in [1.54, 1.807) is 53.8 Å². The maximum absolute atomic E-state index is 11.7. The molecule has 1 aliphatic rings. The Labute approximate surface area is 177 Å². The lowest BCUT2D eigenvalue weighted by Crippen LogP contribution is -2.37. The molecule has 0 unspecified atom stereocenters. The van der Waals surface area contributed by atoms with Gasteiger partial charge in [-0.2, -0.15) is 0 Å². The Morgan fingerprint density at radius 3 is 2.31 bits per heavy atom. The van der Waals surface area contributed by atoms with Crippen LogP contribution in [0.2, 0.25) is 5.02 Å². The van der Waals surface area contributed by atoms with E-state index in [0.717, 1.165) is 13.0 Å². The van der Waals surface area contributed by atoms with E-state index in [2.05, 4.69) is 11.4 Å². The molecule has 0 fully saturated rings. The van der Waals surface area contributed by atoms with Gasteiger partial charge in [0.25, 0.3) is 0 Å². The minimum Gasteiger partial charge on any atom is -0.480 e. The van der Waals surface area contributed by atoms with Crippen LogP contribution >= 0.6 is 22.9 Å². The molecule has 0 bridgehead atoms. The van der Waals surface area contributed by atoms with Crippen LogP contribution in [0.4, 0.5) is 0 Å². The predicted octanol–water partition coefficient (Wildman–Crippen LogP) is 4.97. The van der Waals surface area contributed by atoms with Crippen molar-refractivity contribution in [2.75, 3.05) is 6.54 Å². The van der Waals surface area contributed by atoms with Crippen LogP contribution in [0.5, 0.6) is 0 Å². The van der Waals surface area contributed by atoms with Crippen LogP contribution in [0.15, 0.2) is 66.0 Å². The number of benzene rings is 2. The zero-order valence-corrected chi connectivity index (χ0v) is 17.1. The molecule has 0 radical (unpaired) electrons. The summed E-state index contributed by atoms with van der Waals surface area (Å²) in [5.41, 5.74) is 2.23. The van der Waals surface area contributed by atoms with Gasteiger partial charge in [-0.3, -0.25) is 9.69 Å². The Hall–Kier alpha value is -2.67. The van der Waals surface area contributed by atoms with E-state index >= 15 is 0 Å². The maximum atomic E-state index is 11.7. The van der Waals surface area contributed by atoms with Crippen molar-refractivity contribution in [2.24, 2.45) is 0 Å². The van der Waals surface area contributed by atoms with Crippen LogP contribution in [0.3, 0.4) is 0 Å². The molecule has 3 aromatic rings. The first-order chi connectivity index (χ1) is 14.0. The molecule has 2 aromatic carbocycles. The number of rotatable bonds is 4. The summed E-state index contributed by atoms with van der Waals surface area (Å²) in [6, 6.07) is 16.9. The van der Waals surface area contributed by atoms with E-state index in [0.29, 0.717) is 22.7 Å². The zero-order valence-electron chi connectivity index (χ0n) is 15.5. The predicted molar refractivity (Wildman–Crippen MR) is 114 cm³/mol. The van der Waals surface area contributed by atoms with Crippen LogP contribution < -0.4 is 0 Å². The summed E-state index contributed by atoms with van der Waals surface area (Å²) in [7, 11) is 0. The van der Waals surface area contributed by atoms with Crippen LogP contribution in [0, 0.1) is 0 Å². The first-order valence-electron chi connectivity index (χ1n) is 9.02. The standard InChI is InChI=1S/C15H14ClNO2S.C7H6O2/c16-12-4-2-1-3-11(12)14(15(18)19)17-7-5-13-10(9-17)6-8-20-13;8-7(9)6-4-2-1-3-5-6/h1-4,6,8,14H,5,7,9H2,(H,18,19);1-5H,(H,8,9)/t14-;/m0./s1. The van der Waals surface area contributed by atoms with Crippen molar-refractivity contribution in [1.29, 1.82) is 0 Å². The third-order valence-corrected chi connectivity index (χ3v) is 6.02. The van der Waals surface area contributed by atoms with Crippen molar-refractivity contribution in [3.63, 3.8) is 0 Å². The summed E-state index contributed by atoms with van der Waals surface area (Å²) >= 11 is 7.92. The van der Waals surface area contributed by atoms with Gasteiger partial charge in [0.05, 0.1) is 5.56 Å². The number of nitrogens with zero attached hydrogens (tertiary/aromatic N) is 1. The lowest BCUT2D eigenvalue weighted by molar-refractivity contribution is -0.144. The fourth-order valence-electron chi connectivity index (χ4n) is 3.25. The molecule has 1 aliphatic heterocycles. The lowest BCUT2D eigenvalue weighted by Gasteiger charge is -2.32. The van der Waals surface area contributed by atoms with Crippen LogP contribution in [-0.2, 0) is 17.8 Å². The average molecular weight is 430 g/mol. The second-order valence-corrected chi connectivity index (χ2v) is 7.93. The summed E-state index contributed by atoms with van der Waals surface area (Å²) in [5, 5.41) is 20.6. The van der Waals surface area contributed by atoms with Crippen molar-refractivity contribution in [1.82, 2.24) is 4.90 Å². The molecule has 0 spiro atoms. The quantitative estimate of drug-likeness (QED) is 0.612. The number of aliphatic carboxylic acids is 1. The molecule has 5 nitrogen and oxygen atoms in total. The van der Waals surface area contributed by atoms with Crippen LogP contribution in [0.25, 0.3) is 0 Å². The number of fused-ring (bicyclic) bond motifs is 1.